The van der Waals surface area contributed by atoms with Crippen LogP contribution in [-0.2, 0) is 0 Å². The summed E-state index contributed by atoms with van der Waals surface area (Å²) in [4.78, 5) is 4.33. The van der Waals surface area contributed by atoms with Gasteiger partial charge in [-0.05, 0) is 37.6 Å². The van der Waals surface area contributed by atoms with Crippen molar-refractivity contribution in [2.45, 2.75) is 13.8 Å². The highest BCUT2D eigenvalue weighted by Crippen LogP contribution is 2.29. The fraction of sp³-hybridized carbons (Fsp3) is 0.143. The van der Waals surface area contributed by atoms with Crippen LogP contribution in [0.4, 0.5) is 11.5 Å². The van der Waals surface area contributed by atoms with Gasteiger partial charge in [0.25, 0.3) is 0 Å². The summed E-state index contributed by atoms with van der Waals surface area (Å²) in [7, 11) is 0. The minimum atomic E-state index is 0.500. The predicted octanol–water partition coefficient (Wildman–Crippen LogP) is 3.97. The van der Waals surface area contributed by atoms with Crippen LogP contribution in [0.5, 0.6) is 0 Å². The smallest absolute Gasteiger partial charge is 0.148 e. The third-order valence-corrected chi connectivity index (χ3v) is 2.94. The number of nitrogens with zero attached hydrogens (tertiary/aromatic N) is 2. The number of pyridine rings is 1. The highest BCUT2D eigenvalue weighted by atomic mass is 35.5. The Balaban J connectivity index is 2.46. The van der Waals surface area contributed by atoms with Crippen LogP contribution >= 0.6 is 11.6 Å². The summed E-state index contributed by atoms with van der Waals surface area (Å²) in [5, 5.41) is 12.8. The first-order valence-electron chi connectivity index (χ1n) is 5.51. The molecule has 0 aliphatic heterocycles. The molecule has 0 bridgehead atoms. The van der Waals surface area contributed by atoms with Gasteiger partial charge in [-0.2, -0.15) is 5.26 Å². The lowest BCUT2D eigenvalue weighted by atomic mass is 10.2. The van der Waals surface area contributed by atoms with E-state index in [9.17, 15) is 0 Å². The summed E-state index contributed by atoms with van der Waals surface area (Å²) in [6.07, 6.45) is 0. The Morgan fingerprint density at radius 3 is 2.67 bits per heavy atom. The highest BCUT2D eigenvalue weighted by Gasteiger charge is 2.08. The van der Waals surface area contributed by atoms with E-state index in [-0.39, 0.29) is 0 Å². The summed E-state index contributed by atoms with van der Waals surface area (Å²) in [6, 6.07) is 11.3. The van der Waals surface area contributed by atoms with Gasteiger partial charge in [0, 0.05) is 5.69 Å². The van der Waals surface area contributed by atoms with E-state index in [1.807, 2.05) is 32.0 Å². The number of anilines is 2. The van der Waals surface area contributed by atoms with Crippen molar-refractivity contribution < 1.29 is 0 Å². The van der Waals surface area contributed by atoms with Crippen molar-refractivity contribution in [2.24, 2.45) is 0 Å². The first-order valence-corrected chi connectivity index (χ1v) is 5.89. The zero-order valence-corrected chi connectivity index (χ0v) is 10.9. The van der Waals surface area contributed by atoms with E-state index in [4.69, 9.17) is 16.9 Å². The minimum Gasteiger partial charge on any atom is -0.338 e. The Bertz CT molecular complexity index is 609. The van der Waals surface area contributed by atoms with Gasteiger partial charge >= 0.3 is 0 Å². The van der Waals surface area contributed by atoms with Gasteiger partial charge in [-0.15, -0.1) is 0 Å². The molecule has 3 nitrogen and oxygen atoms in total. The Morgan fingerprint density at radius 2 is 2.00 bits per heavy atom. The molecule has 1 aromatic carbocycles. The van der Waals surface area contributed by atoms with Crippen LogP contribution in [0.25, 0.3) is 0 Å². The average molecular weight is 258 g/mol. The van der Waals surface area contributed by atoms with Crippen LogP contribution in [0.3, 0.4) is 0 Å². The van der Waals surface area contributed by atoms with Gasteiger partial charge in [-0.3, -0.25) is 0 Å². The second-order valence-electron chi connectivity index (χ2n) is 4.02. The molecule has 0 saturated carbocycles. The molecule has 4 heteroatoms. The summed E-state index contributed by atoms with van der Waals surface area (Å²) in [5.74, 6) is 0.536. The average Bonchev–Trinajstić information content (AvgIpc) is 2.34. The molecular formula is C14H12ClN3. The Hall–Kier alpha value is -2.05. The lowest BCUT2D eigenvalue weighted by molar-refractivity contribution is 1.18. The summed E-state index contributed by atoms with van der Waals surface area (Å²) in [6.45, 7) is 3.84. The summed E-state index contributed by atoms with van der Waals surface area (Å²) < 4.78 is 0. The summed E-state index contributed by atoms with van der Waals surface area (Å²) in [5.41, 5.74) is 3.14. The zero-order chi connectivity index (χ0) is 13.1. The van der Waals surface area contributed by atoms with Crippen molar-refractivity contribution in [1.29, 1.82) is 5.26 Å². The van der Waals surface area contributed by atoms with Crippen molar-refractivity contribution in [3.8, 4) is 6.07 Å². The topological polar surface area (TPSA) is 48.7 Å². The molecule has 0 amide bonds. The van der Waals surface area contributed by atoms with Crippen molar-refractivity contribution in [3.63, 3.8) is 0 Å². The van der Waals surface area contributed by atoms with Crippen LogP contribution in [0.15, 0.2) is 30.3 Å². The standard InChI is InChI=1S/C14H12ClN3/c1-9-4-3-5-12(15)13(9)18-14-11(8-16)7-6-10(2)17-14/h3-7H,1-2H3,(H,17,18). The van der Waals surface area contributed by atoms with Gasteiger partial charge in [0.05, 0.1) is 16.3 Å². The molecule has 1 N–H and O–H groups in total. The van der Waals surface area contributed by atoms with Crippen LogP contribution < -0.4 is 5.32 Å². The molecule has 0 fully saturated rings. The van der Waals surface area contributed by atoms with E-state index in [0.717, 1.165) is 16.9 Å². The van der Waals surface area contributed by atoms with Crippen molar-refractivity contribution in [1.82, 2.24) is 4.98 Å². The molecule has 0 atom stereocenters. The SMILES string of the molecule is Cc1ccc(C#N)c(Nc2c(C)cccc2Cl)n1. The minimum absolute atomic E-state index is 0.500. The molecule has 0 aliphatic carbocycles. The van der Waals surface area contributed by atoms with Crippen LogP contribution in [0, 0.1) is 25.2 Å². The van der Waals surface area contributed by atoms with Gasteiger partial charge in [0.1, 0.15) is 11.9 Å². The fourth-order valence-electron chi connectivity index (χ4n) is 1.65. The monoisotopic (exact) mass is 257 g/mol. The van der Waals surface area contributed by atoms with Crippen molar-refractivity contribution >= 4 is 23.1 Å². The molecule has 0 unspecified atom stereocenters. The molecule has 0 aliphatic rings. The van der Waals surface area contributed by atoms with Gasteiger partial charge in [0.15, 0.2) is 0 Å². The molecule has 0 radical (unpaired) electrons. The number of hydrogen-bond donors (Lipinski definition) is 1. The Morgan fingerprint density at radius 1 is 1.22 bits per heavy atom. The number of para-hydroxylation sites is 1. The number of nitriles is 1. The highest BCUT2D eigenvalue weighted by molar-refractivity contribution is 6.33. The summed E-state index contributed by atoms with van der Waals surface area (Å²) >= 11 is 6.14. The fourth-order valence-corrected chi connectivity index (χ4v) is 1.92. The molecule has 2 aromatic rings. The maximum Gasteiger partial charge on any atom is 0.148 e. The molecule has 1 aromatic heterocycles. The van der Waals surface area contributed by atoms with Crippen molar-refractivity contribution in [2.75, 3.05) is 5.32 Å². The second-order valence-corrected chi connectivity index (χ2v) is 4.42. The number of aryl methyl sites for hydroxylation is 2. The lowest BCUT2D eigenvalue weighted by Crippen LogP contribution is -2.00. The quantitative estimate of drug-likeness (QED) is 0.886. The van der Waals surface area contributed by atoms with Crippen LogP contribution in [-0.4, -0.2) is 4.98 Å². The van der Waals surface area contributed by atoms with Gasteiger partial charge < -0.3 is 5.32 Å². The number of benzene rings is 1. The third-order valence-electron chi connectivity index (χ3n) is 2.62. The number of aromatic nitrogens is 1. The lowest BCUT2D eigenvalue weighted by Gasteiger charge is -2.12. The first kappa shape index (κ1) is 12.4. The maximum atomic E-state index is 9.06. The molecule has 2 rings (SSSR count). The number of hydrogen-bond acceptors (Lipinski definition) is 3. The van der Waals surface area contributed by atoms with Gasteiger partial charge in [0.2, 0.25) is 0 Å². The van der Waals surface area contributed by atoms with E-state index in [2.05, 4.69) is 16.4 Å². The van der Waals surface area contributed by atoms with Crippen molar-refractivity contribution in [3.05, 3.63) is 52.2 Å². The predicted molar refractivity (Wildman–Crippen MR) is 73.2 cm³/mol. The largest absolute Gasteiger partial charge is 0.338 e. The number of halogens is 1. The first-order chi connectivity index (χ1) is 8.61. The maximum absolute atomic E-state index is 9.06. The van der Waals surface area contributed by atoms with E-state index >= 15 is 0 Å². The molecule has 18 heavy (non-hydrogen) atoms. The van der Waals surface area contributed by atoms with E-state index in [0.29, 0.717) is 16.4 Å². The molecule has 0 saturated heterocycles. The molecule has 0 spiro atoms. The van der Waals surface area contributed by atoms with E-state index in [1.165, 1.54) is 0 Å². The zero-order valence-electron chi connectivity index (χ0n) is 10.2. The molecule has 1 heterocycles. The molecule has 90 valence electrons. The van der Waals surface area contributed by atoms with E-state index < -0.39 is 0 Å². The number of nitrogens with one attached hydrogen (secondary N) is 1. The third kappa shape index (κ3) is 2.44. The second kappa shape index (κ2) is 5.07. The Labute approximate surface area is 111 Å². The van der Waals surface area contributed by atoms with E-state index in [1.54, 1.807) is 12.1 Å². The Kier molecular flexibility index (Phi) is 3.50. The van der Waals surface area contributed by atoms with Gasteiger partial charge in [-0.1, -0.05) is 23.7 Å². The van der Waals surface area contributed by atoms with Crippen LogP contribution in [0.2, 0.25) is 5.02 Å². The van der Waals surface area contributed by atoms with Gasteiger partial charge in [-0.25, -0.2) is 4.98 Å². The number of rotatable bonds is 2. The molecular weight excluding hydrogens is 246 g/mol. The van der Waals surface area contributed by atoms with Crippen LogP contribution in [0.1, 0.15) is 16.8 Å². The normalized spacial score (nSPS) is 9.89.